The van der Waals surface area contributed by atoms with E-state index in [1.54, 1.807) is 0 Å². The average molecular weight is 569 g/mol. The van der Waals surface area contributed by atoms with Crippen LogP contribution in [-0.2, 0) is 27.8 Å². The quantitative estimate of drug-likeness (QED) is 0.342. The van der Waals surface area contributed by atoms with Gasteiger partial charge in [0.1, 0.15) is 0 Å². The Labute approximate surface area is 218 Å². The third kappa shape index (κ3) is 10.0. The van der Waals surface area contributed by atoms with E-state index in [0.29, 0.717) is 19.5 Å². The normalized spacial score (nSPS) is 13.5. The minimum absolute atomic E-state index is 0.0244. The van der Waals surface area contributed by atoms with Gasteiger partial charge >= 0.3 is 0 Å². The number of halogens is 1. The highest BCUT2D eigenvalue weighted by Crippen LogP contribution is 2.15. The summed E-state index contributed by atoms with van der Waals surface area (Å²) in [5.74, 6) is -0.573. The lowest BCUT2D eigenvalue weighted by Gasteiger charge is -2.29. The second-order valence-corrected chi connectivity index (χ2v) is 11.8. The lowest BCUT2D eigenvalue weighted by molar-refractivity contribution is -0.133. The summed E-state index contributed by atoms with van der Waals surface area (Å²) in [6.07, 6.45) is 0.776. The van der Waals surface area contributed by atoms with Crippen molar-refractivity contribution in [3.05, 3.63) is 70.2 Å². The van der Waals surface area contributed by atoms with Crippen LogP contribution in [0.5, 0.6) is 0 Å². The van der Waals surface area contributed by atoms with E-state index in [-0.39, 0.29) is 31.2 Å². The summed E-state index contributed by atoms with van der Waals surface area (Å²) in [5.41, 5.74) is 8.16. The summed E-state index contributed by atoms with van der Waals surface area (Å²) in [6, 6.07) is 16.6. The number of carbonyl (C=O) groups excluding carboxylic acids is 1. The highest BCUT2D eigenvalue weighted by molar-refractivity contribution is 9.10. The first-order valence-corrected chi connectivity index (χ1v) is 14.5. The van der Waals surface area contributed by atoms with Gasteiger partial charge in [0, 0.05) is 43.1 Å². The minimum atomic E-state index is -3.54. The van der Waals surface area contributed by atoms with Crippen LogP contribution in [0.25, 0.3) is 0 Å². The SMILES string of the molecule is CCCN(CCC)S(=O)(=O)CCC(=O)N(Cc1ccccc1)C[C@@H](O)[C@@H](N)Cc1cccc(Br)c1. The fourth-order valence-electron chi connectivity index (χ4n) is 3.88. The molecule has 0 aliphatic rings. The minimum Gasteiger partial charge on any atom is -0.390 e. The Morgan fingerprint density at radius 3 is 2.26 bits per heavy atom. The largest absolute Gasteiger partial charge is 0.390 e. The molecule has 0 fully saturated rings. The van der Waals surface area contributed by atoms with Crippen LogP contribution in [-0.4, -0.2) is 66.2 Å². The molecule has 9 heteroatoms. The summed E-state index contributed by atoms with van der Waals surface area (Å²) in [7, 11) is -3.54. The summed E-state index contributed by atoms with van der Waals surface area (Å²) >= 11 is 3.44. The summed E-state index contributed by atoms with van der Waals surface area (Å²) in [6.45, 7) is 5.06. The molecule has 2 rings (SSSR count). The van der Waals surface area contributed by atoms with Crippen LogP contribution in [0.1, 0.15) is 44.2 Å². The van der Waals surface area contributed by atoms with Crippen LogP contribution in [0.15, 0.2) is 59.1 Å². The molecule has 0 aromatic heterocycles. The lowest BCUT2D eigenvalue weighted by atomic mass is 10.0. The maximum absolute atomic E-state index is 13.2. The van der Waals surface area contributed by atoms with Crippen LogP contribution in [0.4, 0.5) is 0 Å². The van der Waals surface area contributed by atoms with E-state index < -0.39 is 22.2 Å². The first kappa shape index (κ1) is 29.5. The molecule has 35 heavy (non-hydrogen) atoms. The molecule has 0 aliphatic carbocycles. The Kier molecular flexibility index (Phi) is 12.4. The average Bonchev–Trinajstić information content (AvgIpc) is 2.82. The molecule has 0 saturated heterocycles. The van der Waals surface area contributed by atoms with Gasteiger partial charge < -0.3 is 15.7 Å². The van der Waals surface area contributed by atoms with Crippen LogP contribution in [0, 0.1) is 0 Å². The third-order valence-electron chi connectivity index (χ3n) is 5.74. The van der Waals surface area contributed by atoms with Crippen molar-refractivity contribution < 1.29 is 18.3 Å². The maximum Gasteiger partial charge on any atom is 0.224 e. The summed E-state index contributed by atoms with van der Waals surface area (Å²) in [5, 5.41) is 10.8. The topological polar surface area (TPSA) is 104 Å². The molecule has 0 saturated carbocycles. The monoisotopic (exact) mass is 567 g/mol. The van der Waals surface area contributed by atoms with E-state index in [9.17, 15) is 18.3 Å². The lowest BCUT2D eigenvalue weighted by Crippen LogP contribution is -2.46. The van der Waals surface area contributed by atoms with Crippen LogP contribution in [0.2, 0.25) is 0 Å². The number of nitrogens with two attached hydrogens (primary N) is 1. The second-order valence-electron chi connectivity index (χ2n) is 8.79. The third-order valence-corrected chi connectivity index (χ3v) is 8.11. The Morgan fingerprint density at radius 1 is 1.03 bits per heavy atom. The number of sulfonamides is 1. The molecule has 0 heterocycles. The van der Waals surface area contributed by atoms with Gasteiger partial charge in [0.15, 0.2) is 0 Å². The predicted octanol–water partition coefficient (Wildman–Crippen LogP) is 3.55. The van der Waals surface area contributed by atoms with Gasteiger partial charge in [-0.25, -0.2) is 12.7 Å². The fraction of sp³-hybridized carbons (Fsp3) is 0.500. The number of aliphatic hydroxyl groups excluding tert-OH is 1. The zero-order valence-electron chi connectivity index (χ0n) is 20.6. The molecule has 0 aliphatic heterocycles. The van der Waals surface area contributed by atoms with E-state index in [0.717, 1.165) is 28.4 Å². The number of aliphatic hydroxyl groups is 1. The summed E-state index contributed by atoms with van der Waals surface area (Å²) < 4.78 is 28.1. The number of benzene rings is 2. The van der Waals surface area contributed by atoms with Crippen molar-refractivity contribution in [3.63, 3.8) is 0 Å². The highest BCUT2D eigenvalue weighted by atomic mass is 79.9. The van der Waals surface area contributed by atoms with E-state index in [2.05, 4.69) is 15.9 Å². The van der Waals surface area contributed by atoms with Crippen molar-refractivity contribution >= 4 is 31.9 Å². The fourth-order valence-corrected chi connectivity index (χ4v) is 5.94. The van der Waals surface area contributed by atoms with Gasteiger partial charge in [-0.05, 0) is 42.5 Å². The van der Waals surface area contributed by atoms with Gasteiger partial charge in [0.05, 0.1) is 11.9 Å². The number of hydrogen-bond donors (Lipinski definition) is 2. The van der Waals surface area contributed by atoms with E-state index >= 15 is 0 Å². The molecule has 0 spiro atoms. The highest BCUT2D eigenvalue weighted by Gasteiger charge is 2.26. The van der Waals surface area contributed by atoms with E-state index in [1.165, 1.54) is 9.21 Å². The first-order valence-electron chi connectivity index (χ1n) is 12.1. The molecule has 2 atom stereocenters. The van der Waals surface area contributed by atoms with Crippen LogP contribution < -0.4 is 5.73 Å². The van der Waals surface area contributed by atoms with Crippen molar-refractivity contribution in [2.45, 2.75) is 58.2 Å². The van der Waals surface area contributed by atoms with E-state index in [1.807, 2.05) is 68.4 Å². The molecule has 2 aromatic carbocycles. The van der Waals surface area contributed by atoms with Crippen LogP contribution >= 0.6 is 15.9 Å². The number of hydrogen-bond acceptors (Lipinski definition) is 5. The van der Waals surface area contributed by atoms with E-state index in [4.69, 9.17) is 5.73 Å². The number of amides is 1. The zero-order valence-corrected chi connectivity index (χ0v) is 23.0. The number of rotatable bonds is 15. The number of carbonyl (C=O) groups is 1. The van der Waals surface area contributed by atoms with Gasteiger partial charge in [0.2, 0.25) is 15.9 Å². The Morgan fingerprint density at radius 2 is 1.66 bits per heavy atom. The molecule has 194 valence electrons. The van der Waals surface area contributed by atoms with Crippen molar-refractivity contribution in [1.29, 1.82) is 0 Å². The van der Waals surface area contributed by atoms with Gasteiger partial charge in [0.25, 0.3) is 0 Å². The second kappa shape index (κ2) is 14.7. The van der Waals surface area contributed by atoms with Crippen molar-refractivity contribution in [2.24, 2.45) is 5.73 Å². The molecule has 0 radical (unpaired) electrons. The Bertz CT molecular complexity index is 1010. The van der Waals surface area contributed by atoms with Gasteiger partial charge in [-0.15, -0.1) is 0 Å². The molecule has 1 amide bonds. The molecular weight excluding hydrogens is 530 g/mol. The zero-order chi connectivity index (χ0) is 25.8. The summed E-state index contributed by atoms with van der Waals surface area (Å²) in [4.78, 5) is 14.7. The molecule has 0 bridgehead atoms. The van der Waals surface area contributed by atoms with Gasteiger partial charge in [-0.1, -0.05) is 72.2 Å². The standard InChI is InChI=1S/C26H38BrN3O4S/c1-3-14-30(15-4-2)35(33,34)16-13-26(32)29(19-21-9-6-5-7-10-21)20-25(31)24(28)18-22-11-8-12-23(27)17-22/h5-12,17,24-25,31H,3-4,13-16,18-20,28H2,1-2H3/t24-,25+/m0/s1. The van der Waals surface area contributed by atoms with Crippen molar-refractivity contribution in [3.8, 4) is 0 Å². The molecule has 2 aromatic rings. The Hall–Kier alpha value is -1.78. The van der Waals surface area contributed by atoms with Crippen molar-refractivity contribution in [2.75, 3.05) is 25.4 Å². The van der Waals surface area contributed by atoms with Gasteiger partial charge in [-0.2, -0.15) is 0 Å². The predicted molar refractivity (Wildman–Crippen MR) is 144 cm³/mol. The smallest absolute Gasteiger partial charge is 0.224 e. The maximum atomic E-state index is 13.2. The number of nitrogens with zero attached hydrogens (tertiary/aromatic N) is 2. The first-order chi connectivity index (χ1) is 16.7. The van der Waals surface area contributed by atoms with Crippen LogP contribution in [0.3, 0.4) is 0 Å². The molecule has 3 N–H and O–H groups in total. The molecule has 7 nitrogen and oxygen atoms in total. The van der Waals surface area contributed by atoms with Gasteiger partial charge in [-0.3, -0.25) is 4.79 Å². The molecular formula is C26H38BrN3O4S. The van der Waals surface area contributed by atoms with Crippen molar-refractivity contribution in [1.82, 2.24) is 9.21 Å². The molecule has 0 unspecified atom stereocenters. The Balaban J connectivity index is 2.10.